The van der Waals surface area contributed by atoms with Crippen molar-refractivity contribution in [2.24, 2.45) is 17.8 Å². The third kappa shape index (κ3) is 6.14. The molecule has 1 aliphatic carbocycles. The van der Waals surface area contributed by atoms with Crippen molar-refractivity contribution in [2.75, 3.05) is 19.6 Å². The van der Waals surface area contributed by atoms with Crippen LogP contribution in [0, 0.1) is 23.6 Å². The van der Waals surface area contributed by atoms with Crippen molar-refractivity contribution < 1.29 is 31.8 Å². The fourth-order valence-corrected chi connectivity index (χ4v) is 5.41. The number of piperidine rings is 1. The predicted octanol–water partition coefficient (Wildman–Crippen LogP) is 5.56. The molecule has 190 valence electrons. The van der Waals surface area contributed by atoms with Crippen LogP contribution >= 0.6 is 11.3 Å². The fraction of sp³-hybridized carbons (Fsp3) is 0.360. The van der Waals surface area contributed by atoms with Gasteiger partial charge in [-0.1, -0.05) is 24.3 Å². The normalized spacial score (nSPS) is 21.2. The van der Waals surface area contributed by atoms with E-state index >= 15 is 0 Å². The van der Waals surface area contributed by atoms with Crippen molar-refractivity contribution in [1.82, 2.24) is 14.8 Å². The van der Waals surface area contributed by atoms with Gasteiger partial charge in [0.25, 0.3) is 0 Å². The summed E-state index contributed by atoms with van der Waals surface area (Å²) in [5.74, 6) is 0.631. The van der Waals surface area contributed by atoms with Crippen LogP contribution < -0.4 is 9.47 Å². The molecule has 0 spiro atoms. The second-order valence-electron chi connectivity index (χ2n) is 9.09. The van der Waals surface area contributed by atoms with Crippen LogP contribution in [0.5, 0.6) is 11.6 Å². The summed E-state index contributed by atoms with van der Waals surface area (Å²) in [6.07, 6.45) is -5.41. The summed E-state index contributed by atoms with van der Waals surface area (Å²) in [4.78, 5) is 20.7. The van der Waals surface area contributed by atoms with Gasteiger partial charge in [-0.05, 0) is 53.1 Å². The number of halogens is 4. The Balaban J connectivity index is 1.23. The van der Waals surface area contributed by atoms with Gasteiger partial charge in [0.1, 0.15) is 11.6 Å². The Morgan fingerprint density at radius 3 is 2.56 bits per heavy atom. The van der Waals surface area contributed by atoms with Crippen molar-refractivity contribution in [2.45, 2.75) is 19.5 Å². The average Bonchev–Trinajstić information content (AvgIpc) is 3.16. The lowest BCUT2D eigenvalue weighted by atomic mass is 10.1. The number of aromatic nitrogens is 1. The van der Waals surface area contributed by atoms with E-state index in [2.05, 4.69) is 14.6 Å². The molecule has 0 N–H and O–H groups in total. The molecule has 0 bridgehead atoms. The quantitative estimate of drug-likeness (QED) is 0.364. The largest absolute Gasteiger partial charge is 0.573 e. The number of alkyl halides is 3. The van der Waals surface area contributed by atoms with Crippen LogP contribution in [0.1, 0.15) is 11.1 Å². The summed E-state index contributed by atoms with van der Waals surface area (Å²) in [5.41, 5.74) is 2.96. The summed E-state index contributed by atoms with van der Waals surface area (Å²) in [6, 6.07) is 12.1. The second-order valence-corrected chi connectivity index (χ2v) is 9.80. The van der Waals surface area contributed by atoms with E-state index in [0.29, 0.717) is 30.5 Å². The minimum Gasteiger partial charge on any atom is -0.406 e. The number of thiazole rings is 1. The highest BCUT2D eigenvalue weighted by atomic mass is 32.1. The minimum absolute atomic E-state index is 0.0704. The molecule has 2 unspecified atom stereocenters. The van der Waals surface area contributed by atoms with Gasteiger partial charge in [0, 0.05) is 32.7 Å². The van der Waals surface area contributed by atoms with Crippen molar-refractivity contribution in [1.29, 1.82) is 0 Å². The molecule has 2 atom stereocenters. The standard InChI is InChI=1S/C25H23F4N3O3S/c26-18-5-1-3-16(7-18)9-31-11-20-21(12-31)22(20)13-32(24(33)34-23-14-36-15-30-23)10-17-4-2-6-19(8-17)35-25(27,28)29/h1-8,14-15,20-22H,9-13H2. The number of benzene rings is 2. The number of carbonyl (C=O) groups is 1. The molecule has 2 heterocycles. The maximum absolute atomic E-state index is 13.5. The Labute approximate surface area is 209 Å². The summed E-state index contributed by atoms with van der Waals surface area (Å²) < 4.78 is 60.8. The smallest absolute Gasteiger partial charge is 0.406 e. The lowest BCUT2D eigenvalue weighted by Crippen LogP contribution is -2.36. The molecule has 11 heteroatoms. The van der Waals surface area contributed by atoms with Crippen molar-refractivity contribution in [3.8, 4) is 11.6 Å². The number of likely N-dealkylation sites (tertiary alicyclic amines) is 1. The first kappa shape index (κ1) is 24.5. The van der Waals surface area contributed by atoms with E-state index in [-0.39, 0.29) is 29.9 Å². The van der Waals surface area contributed by atoms with Gasteiger partial charge in [0.15, 0.2) is 0 Å². The number of hydrogen-bond acceptors (Lipinski definition) is 6. The SMILES string of the molecule is O=C(Oc1cscn1)N(Cc1cccc(OC(F)(F)F)c1)CC1C2CN(Cc3cccc(F)c3)CC21. The minimum atomic E-state index is -4.80. The zero-order valence-electron chi connectivity index (χ0n) is 19.0. The molecule has 6 nitrogen and oxygen atoms in total. The number of hydrogen-bond donors (Lipinski definition) is 0. The maximum atomic E-state index is 13.5. The van der Waals surface area contributed by atoms with Crippen LogP contribution in [0.2, 0.25) is 0 Å². The molecule has 0 radical (unpaired) electrons. The van der Waals surface area contributed by atoms with Gasteiger partial charge in [0.05, 0.1) is 10.9 Å². The molecule has 1 aliphatic heterocycles. The van der Waals surface area contributed by atoms with Gasteiger partial charge in [-0.2, -0.15) is 0 Å². The van der Waals surface area contributed by atoms with Crippen molar-refractivity contribution in [3.05, 3.63) is 76.4 Å². The van der Waals surface area contributed by atoms with E-state index in [9.17, 15) is 22.4 Å². The molecule has 36 heavy (non-hydrogen) atoms. The van der Waals surface area contributed by atoms with Crippen molar-refractivity contribution in [3.63, 3.8) is 0 Å². The van der Waals surface area contributed by atoms with E-state index in [4.69, 9.17) is 4.74 Å². The van der Waals surface area contributed by atoms with Gasteiger partial charge in [0.2, 0.25) is 5.88 Å². The molecule has 2 fully saturated rings. The van der Waals surface area contributed by atoms with Crippen LogP contribution in [-0.4, -0.2) is 46.9 Å². The first-order valence-corrected chi connectivity index (χ1v) is 12.3. The summed E-state index contributed by atoms with van der Waals surface area (Å²) in [6.45, 7) is 2.84. The summed E-state index contributed by atoms with van der Waals surface area (Å²) in [7, 11) is 0. The highest BCUT2D eigenvalue weighted by Gasteiger charge is 2.56. The first-order valence-electron chi connectivity index (χ1n) is 11.4. The zero-order valence-corrected chi connectivity index (χ0v) is 19.8. The monoisotopic (exact) mass is 521 g/mol. The van der Waals surface area contributed by atoms with Crippen molar-refractivity contribution >= 4 is 17.4 Å². The number of fused-ring (bicyclic) bond motifs is 1. The molecule has 1 saturated heterocycles. The Morgan fingerprint density at radius 2 is 1.86 bits per heavy atom. The number of nitrogens with zero attached hydrogens (tertiary/aromatic N) is 3. The molecule has 3 aromatic rings. The maximum Gasteiger partial charge on any atom is 0.573 e. The number of ether oxygens (including phenoxy) is 2. The third-order valence-corrected chi connectivity index (χ3v) is 7.10. The first-order chi connectivity index (χ1) is 17.2. The molecular formula is C25H23F4N3O3S. The highest BCUT2D eigenvalue weighted by molar-refractivity contribution is 7.07. The van der Waals surface area contributed by atoms with E-state index in [0.717, 1.165) is 18.7 Å². The second kappa shape index (κ2) is 10.1. The lowest BCUT2D eigenvalue weighted by molar-refractivity contribution is -0.274. The number of amides is 1. The van der Waals surface area contributed by atoms with Gasteiger partial charge < -0.3 is 14.4 Å². The topological polar surface area (TPSA) is 54.9 Å². The summed E-state index contributed by atoms with van der Waals surface area (Å²) in [5, 5.41) is 1.60. The van der Waals surface area contributed by atoms with Gasteiger partial charge in [-0.15, -0.1) is 24.5 Å². The Kier molecular flexibility index (Phi) is 6.85. The molecule has 5 rings (SSSR count). The molecule has 1 aromatic heterocycles. The fourth-order valence-electron chi connectivity index (χ4n) is 4.96. The summed E-state index contributed by atoms with van der Waals surface area (Å²) >= 11 is 1.29. The van der Waals surface area contributed by atoms with Gasteiger partial charge in [-0.25, -0.2) is 14.2 Å². The van der Waals surface area contributed by atoms with E-state index in [1.165, 1.54) is 46.6 Å². The van der Waals surface area contributed by atoms with Gasteiger partial charge in [-0.3, -0.25) is 4.90 Å². The Bertz CT molecular complexity index is 1200. The van der Waals surface area contributed by atoms with E-state index < -0.39 is 12.5 Å². The molecule has 1 saturated carbocycles. The Hall–Kier alpha value is -3.18. The number of rotatable bonds is 8. The van der Waals surface area contributed by atoms with E-state index in [1.54, 1.807) is 23.0 Å². The Morgan fingerprint density at radius 1 is 1.11 bits per heavy atom. The lowest BCUT2D eigenvalue weighted by Gasteiger charge is -2.25. The van der Waals surface area contributed by atoms with Gasteiger partial charge >= 0.3 is 12.5 Å². The molecule has 2 aromatic carbocycles. The van der Waals surface area contributed by atoms with Crippen LogP contribution in [-0.2, 0) is 13.1 Å². The van der Waals surface area contributed by atoms with Crippen LogP contribution in [0.15, 0.2) is 59.4 Å². The number of carbonyl (C=O) groups excluding carboxylic acids is 1. The van der Waals surface area contributed by atoms with Crippen LogP contribution in [0.4, 0.5) is 22.4 Å². The van der Waals surface area contributed by atoms with E-state index in [1.807, 2.05) is 6.07 Å². The third-order valence-electron chi connectivity index (χ3n) is 6.54. The zero-order chi connectivity index (χ0) is 25.3. The van der Waals surface area contributed by atoms with Crippen LogP contribution in [0.3, 0.4) is 0 Å². The van der Waals surface area contributed by atoms with Crippen LogP contribution in [0.25, 0.3) is 0 Å². The molecular weight excluding hydrogens is 498 g/mol. The average molecular weight is 522 g/mol. The molecule has 1 amide bonds. The predicted molar refractivity (Wildman–Crippen MR) is 124 cm³/mol. The molecule has 2 aliphatic rings. The highest BCUT2D eigenvalue weighted by Crippen LogP contribution is 2.52.